The van der Waals surface area contributed by atoms with Crippen molar-refractivity contribution >= 4 is 14.0 Å². The summed E-state index contributed by atoms with van der Waals surface area (Å²) >= 11 is 0. The average molecular weight is 429 g/mol. The van der Waals surface area contributed by atoms with Gasteiger partial charge < -0.3 is 19.3 Å². The van der Waals surface area contributed by atoms with Crippen LogP contribution in [0.25, 0.3) is 0 Å². The van der Waals surface area contributed by atoms with Crippen molar-refractivity contribution in [3.8, 4) is 11.5 Å². The Morgan fingerprint density at radius 2 is 1.66 bits per heavy atom. The molecule has 0 amide bonds. The van der Waals surface area contributed by atoms with E-state index >= 15 is 0 Å². The van der Waals surface area contributed by atoms with E-state index in [2.05, 4.69) is 53.0 Å². The number of esters is 1. The number of hydrogen-bond acceptors (Lipinski definition) is 5. The third kappa shape index (κ3) is 6.30. The van der Waals surface area contributed by atoms with Crippen molar-refractivity contribution in [2.45, 2.75) is 122 Å². The van der Waals surface area contributed by atoms with E-state index in [1.807, 2.05) is 0 Å². The van der Waals surface area contributed by atoms with Gasteiger partial charge in [-0.2, -0.15) is 0 Å². The number of ether oxygens (including phenoxy) is 3. The predicted octanol–water partition coefficient (Wildman–Crippen LogP) is 4.82. The largest absolute Gasteiger partial charge is 0.460 e. The van der Waals surface area contributed by atoms with Crippen LogP contribution >= 0.6 is 0 Å². The van der Waals surface area contributed by atoms with Gasteiger partial charge in [-0.05, 0) is 51.2 Å². The molecule has 0 bridgehead atoms. The second-order valence-corrected chi connectivity index (χ2v) is 16.0. The lowest BCUT2D eigenvalue weighted by Crippen LogP contribution is -2.48. The first-order valence-electron chi connectivity index (χ1n) is 11.5. The number of aliphatic hydroxyl groups is 1. The lowest BCUT2D eigenvalue weighted by atomic mass is 9.96. The topological polar surface area (TPSA) is 65.0 Å². The van der Waals surface area contributed by atoms with E-state index in [0.29, 0.717) is 16.6 Å². The smallest absolute Gasteiger partial charge is 0.309 e. The maximum absolute atomic E-state index is 12.6. The van der Waals surface area contributed by atoms with Gasteiger partial charge in [-0.3, -0.25) is 4.79 Å². The monoisotopic (exact) mass is 428 g/mol. The van der Waals surface area contributed by atoms with Crippen LogP contribution in [0.5, 0.6) is 0 Å². The predicted molar refractivity (Wildman–Crippen MR) is 119 cm³/mol. The lowest BCUT2D eigenvalue weighted by molar-refractivity contribution is -0.177. The van der Waals surface area contributed by atoms with Crippen molar-refractivity contribution in [2.24, 2.45) is 0 Å². The summed E-state index contributed by atoms with van der Waals surface area (Å²) in [5.74, 6) is 0.903. The van der Waals surface area contributed by atoms with E-state index in [1.165, 1.54) is 0 Å². The molecular formula is C23H42O5Si. The lowest BCUT2D eigenvalue weighted by Gasteiger charge is -2.39. The zero-order valence-corrected chi connectivity index (χ0v) is 21.1. The van der Waals surface area contributed by atoms with Gasteiger partial charge in [-0.25, -0.2) is 0 Å². The van der Waals surface area contributed by atoms with E-state index in [0.717, 1.165) is 0 Å². The van der Waals surface area contributed by atoms with Gasteiger partial charge in [0, 0.05) is 2.74 Å². The van der Waals surface area contributed by atoms with Crippen LogP contribution in [0.3, 0.4) is 0 Å². The van der Waals surface area contributed by atoms with Crippen LogP contribution in [0, 0.1) is 11.5 Å². The van der Waals surface area contributed by atoms with E-state index < -0.39 is 43.5 Å². The molecule has 1 saturated heterocycles. The van der Waals surface area contributed by atoms with Crippen molar-refractivity contribution in [1.29, 1.82) is 0 Å². The van der Waals surface area contributed by atoms with Crippen LogP contribution in [0.15, 0.2) is 0 Å². The quantitative estimate of drug-likeness (QED) is 0.373. The zero-order valence-electron chi connectivity index (χ0n) is 22.1. The summed E-state index contributed by atoms with van der Waals surface area (Å²) in [5.41, 5.74) is 1.94. The minimum absolute atomic E-state index is 0.144. The van der Waals surface area contributed by atoms with Gasteiger partial charge in [0.2, 0.25) is 0 Å². The number of rotatable bonds is 6. The molecule has 1 fully saturated rings. The SMILES string of the molecule is [2H]C([2H])(C(=O)OC(C)(C)C)[C@H](O)[C@@]1(C#C[Si](C(C)C)(C(C)C)C(C)C)COC(C)(C)O1. The Hall–Kier alpha value is -0.873. The molecule has 1 aliphatic rings. The van der Waals surface area contributed by atoms with Crippen molar-refractivity contribution in [2.75, 3.05) is 6.61 Å². The van der Waals surface area contributed by atoms with Gasteiger partial charge in [-0.1, -0.05) is 47.5 Å². The van der Waals surface area contributed by atoms with Gasteiger partial charge in [0.15, 0.2) is 11.4 Å². The highest BCUT2D eigenvalue weighted by Crippen LogP contribution is 2.42. The third-order valence-corrected chi connectivity index (χ3v) is 11.8. The second-order valence-electron chi connectivity index (χ2n) is 10.4. The summed E-state index contributed by atoms with van der Waals surface area (Å²) in [6.45, 7) is 21.2. The highest BCUT2D eigenvalue weighted by molar-refractivity contribution is 6.90. The molecule has 29 heavy (non-hydrogen) atoms. The molecule has 6 heteroatoms. The van der Waals surface area contributed by atoms with Gasteiger partial charge in [0.25, 0.3) is 0 Å². The summed E-state index contributed by atoms with van der Waals surface area (Å²) in [5, 5.41) is 11.2. The summed E-state index contributed by atoms with van der Waals surface area (Å²) in [4.78, 5) is 12.6. The van der Waals surface area contributed by atoms with Crippen LogP contribution < -0.4 is 0 Å². The summed E-state index contributed by atoms with van der Waals surface area (Å²) in [7, 11) is -2.21. The molecule has 1 heterocycles. The first-order valence-corrected chi connectivity index (χ1v) is 12.8. The number of aliphatic hydroxyl groups excluding tert-OH is 1. The molecular weight excluding hydrogens is 384 g/mol. The minimum atomic E-state index is -2.73. The molecule has 1 N–H and O–H groups in total. The molecule has 0 saturated carbocycles. The molecule has 0 aromatic heterocycles. The van der Waals surface area contributed by atoms with E-state index in [1.54, 1.807) is 34.6 Å². The van der Waals surface area contributed by atoms with Crippen LogP contribution in [0.4, 0.5) is 0 Å². The molecule has 0 radical (unpaired) electrons. The normalized spacial score (nSPS) is 24.8. The van der Waals surface area contributed by atoms with Crippen LogP contribution in [-0.4, -0.2) is 48.8 Å². The summed E-state index contributed by atoms with van der Waals surface area (Å²) in [6, 6.07) is 0. The third-order valence-electron chi connectivity index (χ3n) is 5.51. The van der Waals surface area contributed by atoms with E-state index in [-0.39, 0.29) is 6.61 Å². The fourth-order valence-corrected chi connectivity index (χ4v) is 9.52. The fraction of sp³-hybridized carbons (Fsp3) is 0.870. The minimum Gasteiger partial charge on any atom is -0.460 e. The standard InChI is InChI=1S/C23H42O5Si/c1-16(2)29(17(3)4,18(5)6)13-12-23(15-26-22(10,11)28-23)19(24)14-20(25)27-21(7,8)9/h16-19,24H,14-15H2,1-11H3/t19-,23+/m0/s1/i14D2. The Labute approximate surface area is 181 Å². The second kappa shape index (κ2) is 9.09. The van der Waals surface area contributed by atoms with Crippen LogP contribution in [-0.2, 0) is 19.0 Å². The molecule has 1 aliphatic heterocycles. The maximum Gasteiger partial charge on any atom is 0.309 e. The molecule has 0 aliphatic carbocycles. The first kappa shape index (κ1) is 22.8. The van der Waals surface area contributed by atoms with Gasteiger partial charge >= 0.3 is 5.97 Å². The highest BCUT2D eigenvalue weighted by atomic mass is 28.3. The van der Waals surface area contributed by atoms with Crippen molar-refractivity contribution in [3.63, 3.8) is 0 Å². The molecule has 0 unspecified atom stereocenters. The Morgan fingerprint density at radius 3 is 2.00 bits per heavy atom. The molecule has 0 spiro atoms. The fourth-order valence-electron chi connectivity index (χ4n) is 4.23. The van der Waals surface area contributed by atoms with Crippen LogP contribution in [0.2, 0.25) is 16.6 Å². The van der Waals surface area contributed by atoms with Gasteiger partial charge in [0.05, 0.1) is 13.0 Å². The molecule has 168 valence electrons. The first-order chi connectivity index (χ1) is 13.7. The highest BCUT2D eigenvalue weighted by Gasteiger charge is 2.51. The molecule has 5 nitrogen and oxygen atoms in total. The number of carbonyl (C=O) groups is 1. The van der Waals surface area contributed by atoms with Crippen molar-refractivity contribution < 1.29 is 26.9 Å². The Kier molecular flexibility index (Phi) is 7.15. The molecule has 0 aromatic carbocycles. The Balaban J connectivity index is 3.57. The Bertz CT molecular complexity index is 694. The molecule has 2 atom stereocenters. The number of carbonyl (C=O) groups excluding carboxylic acids is 1. The van der Waals surface area contributed by atoms with Crippen molar-refractivity contribution in [3.05, 3.63) is 0 Å². The maximum atomic E-state index is 12.6. The number of hydrogen-bond donors (Lipinski definition) is 1. The summed E-state index contributed by atoms with van der Waals surface area (Å²) < 4.78 is 33.7. The summed E-state index contributed by atoms with van der Waals surface area (Å²) in [6.07, 6.45) is -4.62. The van der Waals surface area contributed by atoms with E-state index in [9.17, 15) is 9.90 Å². The van der Waals surface area contributed by atoms with Crippen molar-refractivity contribution in [1.82, 2.24) is 0 Å². The van der Waals surface area contributed by atoms with Crippen LogP contribution in [0.1, 0.15) is 85.3 Å². The van der Waals surface area contributed by atoms with Gasteiger partial charge in [0.1, 0.15) is 19.8 Å². The Morgan fingerprint density at radius 1 is 1.17 bits per heavy atom. The zero-order chi connectivity index (χ0) is 24.6. The molecule has 1 rings (SSSR count). The van der Waals surface area contributed by atoms with E-state index in [4.69, 9.17) is 17.0 Å². The molecule has 0 aromatic rings. The average Bonchev–Trinajstić information content (AvgIpc) is 2.88. The van der Waals surface area contributed by atoms with Gasteiger partial charge in [-0.15, -0.1) is 5.54 Å².